The third-order valence-electron chi connectivity index (χ3n) is 4.99. The number of aliphatic carboxylic acids is 1. The molecule has 0 bridgehead atoms. The van der Waals surface area contributed by atoms with Crippen LogP contribution < -0.4 is 0 Å². The predicted molar refractivity (Wildman–Crippen MR) is 99.3 cm³/mol. The van der Waals surface area contributed by atoms with Crippen LogP contribution in [0.3, 0.4) is 0 Å². The summed E-state index contributed by atoms with van der Waals surface area (Å²) in [7, 11) is 0. The number of carboxylic acid groups (broad SMARTS) is 1. The summed E-state index contributed by atoms with van der Waals surface area (Å²) in [6.45, 7) is 2.32. The number of halogens is 4. The van der Waals surface area contributed by atoms with Gasteiger partial charge in [-0.1, -0.05) is 30.2 Å². The molecule has 1 aliphatic rings. The Kier molecular flexibility index (Phi) is 5.95. The van der Waals surface area contributed by atoms with Gasteiger partial charge in [-0.25, -0.2) is 0 Å². The lowest BCUT2D eigenvalue weighted by Gasteiger charge is -2.39. The molecule has 1 N–H and O–H groups in total. The fraction of sp³-hybridized carbons (Fsp3) is 0.400. The first-order valence-electron chi connectivity index (χ1n) is 8.96. The van der Waals surface area contributed by atoms with Gasteiger partial charge >= 0.3 is 12.1 Å². The Hall–Kier alpha value is -2.12. The van der Waals surface area contributed by atoms with E-state index < -0.39 is 29.8 Å². The third kappa shape index (κ3) is 4.31. The second-order valence-corrected chi connectivity index (χ2v) is 7.39. The lowest BCUT2D eigenvalue weighted by Crippen LogP contribution is -2.47. The van der Waals surface area contributed by atoms with Crippen molar-refractivity contribution in [3.63, 3.8) is 0 Å². The number of alkyl halides is 3. The molecule has 0 aliphatic carbocycles. The molecule has 1 aromatic carbocycles. The molecule has 28 heavy (non-hydrogen) atoms. The van der Waals surface area contributed by atoms with Crippen LogP contribution in [-0.2, 0) is 11.0 Å². The predicted octanol–water partition coefficient (Wildman–Crippen LogP) is 5.09. The first-order valence-corrected chi connectivity index (χ1v) is 9.34. The number of piperidine rings is 1. The van der Waals surface area contributed by atoms with Crippen molar-refractivity contribution >= 4 is 17.6 Å². The summed E-state index contributed by atoms with van der Waals surface area (Å²) < 4.78 is 40.2. The van der Waals surface area contributed by atoms with Crippen molar-refractivity contribution in [2.24, 2.45) is 0 Å². The van der Waals surface area contributed by atoms with Crippen LogP contribution in [0.15, 0.2) is 36.5 Å². The van der Waals surface area contributed by atoms with Crippen LogP contribution >= 0.6 is 11.6 Å². The van der Waals surface area contributed by atoms with Gasteiger partial charge < -0.3 is 5.11 Å². The highest BCUT2D eigenvalue weighted by Crippen LogP contribution is 2.39. The molecule has 150 valence electrons. The highest BCUT2D eigenvalue weighted by Gasteiger charge is 2.38. The van der Waals surface area contributed by atoms with Gasteiger partial charge in [0.15, 0.2) is 0 Å². The fourth-order valence-corrected chi connectivity index (χ4v) is 3.86. The van der Waals surface area contributed by atoms with Crippen LogP contribution in [0.5, 0.6) is 0 Å². The Balaban J connectivity index is 2.14. The van der Waals surface area contributed by atoms with E-state index >= 15 is 0 Å². The smallest absolute Gasteiger partial charge is 0.417 e. The molecule has 4 nitrogen and oxygen atoms in total. The van der Waals surface area contributed by atoms with E-state index in [1.807, 2.05) is 13.0 Å². The van der Waals surface area contributed by atoms with E-state index in [2.05, 4.69) is 4.98 Å². The maximum atomic E-state index is 13.4. The SMILES string of the molecule is Cc1ccc(C(c2ccc(Cl)c(C(F)(F)F)c2)N2CCCCC2C(=O)O)nc1. The Morgan fingerprint density at radius 2 is 2.04 bits per heavy atom. The minimum Gasteiger partial charge on any atom is -0.480 e. The number of benzene rings is 1. The molecule has 2 aromatic rings. The zero-order chi connectivity index (χ0) is 20.5. The summed E-state index contributed by atoms with van der Waals surface area (Å²) in [5.74, 6) is -0.984. The molecule has 1 saturated heterocycles. The van der Waals surface area contributed by atoms with Crippen LogP contribution in [0.1, 0.15) is 47.7 Å². The van der Waals surface area contributed by atoms with E-state index in [1.54, 1.807) is 17.2 Å². The maximum absolute atomic E-state index is 13.4. The monoisotopic (exact) mass is 412 g/mol. The van der Waals surface area contributed by atoms with Gasteiger partial charge in [-0.15, -0.1) is 0 Å². The van der Waals surface area contributed by atoms with Crippen LogP contribution in [0, 0.1) is 6.92 Å². The average molecular weight is 413 g/mol. The minimum atomic E-state index is -4.60. The summed E-state index contributed by atoms with van der Waals surface area (Å²) >= 11 is 5.77. The summed E-state index contributed by atoms with van der Waals surface area (Å²) in [4.78, 5) is 17.9. The molecular formula is C20H20ClF3N2O2. The van der Waals surface area contributed by atoms with Crippen molar-refractivity contribution in [3.05, 3.63) is 63.9 Å². The molecule has 0 saturated carbocycles. The molecule has 2 atom stereocenters. The molecule has 0 spiro atoms. The molecular weight excluding hydrogens is 393 g/mol. The fourth-order valence-electron chi connectivity index (χ4n) is 3.63. The molecule has 1 aliphatic heterocycles. The van der Waals surface area contributed by atoms with Gasteiger partial charge in [0.25, 0.3) is 0 Å². The summed E-state index contributed by atoms with van der Waals surface area (Å²) in [6.07, 6.45) is -1.01. The molecule has 1 aromatic heterocycles. The van der Waals surface area contributed by atoms with Crippen molar-refractivity contribution in [2.45, 2.75) is 44.4 Å². The van der Waals surface area contributed by atoms with Crippen LogP contribution in [-0.4, -0.2) is 33.5 Å². The topological polar surface area (TPSA) is 53.4 Å². The molecule has 3 rings (SSSR count). The number of carbonyl (C=O) groups is 1. The van der Waals surface area contributed by atoms with Gasteiger partial charge in [-0.05, 0) is 55.6 Å². The number of hydrogen-bond donors (Lipinski definition) is 1. The first kappa shape index (κ1) is 20.6. The molecule has 0 radical (unpaired) electrons. The van der Waals surface area contributed by atoms with Crippen LogP contribution in [0.2, 0.25) is 5.02 Å². The van der Waals surface area contributed by atoms with Gasteiger partial charge in [0.1, 0.15) is 6.04 Å². The van der Waals surface area contributed by atoms with E-state index in [1.165, 1.54) is 12.1 Å². The molecule has 0 amide bonds. The van der Waals surface area contributed by atoms with Crippen molar-refractivity contribution in [1.82, 2.24) is 9.88 Å². The van der Waals surface area contributed by atoms with Crippen molar-refractivity contribution in [3.8, 4) is 0 Å². The van der Waals surface area contributed by atoms with E-state index in [9.17, 15) is 23.1 Å². The molecule has 2 unspecified atom stereocenters. The Morgan fingerprint density at radius 3 is 2.64 bits per heavy atom. The highest BCUT2D eigenvalue weighted by molar-refractivity contribution is 6.31. The van der Waals surface area contributed by atoms with Crippen molar-refractivity contribution in [1.29, 1.82) is 0 Å². The molecule has 8 heteroatoms. The van der Waals surface area contributed by atoms with E-state index in [0.717, 1.165) is 24.5 Å². The lowest BCUT2D eigenvalue weighted by atomic mass is 9.93. The van der Waals surface area contributed by atoms with Crippen molar-refractivity contribution in [2.75, 3.05) is 6.54 Å². The standard InChI is InChI=1S/C20H20ClF3N2O2/c1-12-5-8-16(25-11-12)18(26-9-3-2-4-17(26)19(27)28)13-6-7-15(21)14(10-13)20(22,23)24/h5-8,10-11,17-18H,2-4,9H2,1H3,(H,27,28). The lowest BCUT2D eigenvalue weighted by molar-refractivity contribution is -0.145. The Bertz CT molecular complexity index is 856. The highest BCUT2D eigenvalue weighted by atomic mass is 35.5. The summed E-state index contributed by atoms with van der Waals surface area (Å²) in [5.41, 5.74) is 0.797. The van der Waals surface area contributed by atoms with E-state index in [4.69, 9.17) is 11.6 Å². The van der Waals surface area contributed by atoms with Crippen LogP contribution in [0.4, 0.5) is 13.2 Å². The Morgan fingerprint density at radius 1 is 1.29 bits per heavy atom. The van der Waals surface area contributed by atoms with E-state index in [0.29, 0.717) is 24.2 Å². The summed E-state index contributed by atoms with van der Waals surface area (Å²) in [6, 6.07) is 5.78. The average Bonchev–Trinajstić information content (AvgIpc) is 2.64. The van der Waals surface area contributed by atoms with Gasteiger partial charge in [-0.2, -0.15) is 13.2 Å². The minimum absolute atomic E-state index is 0.321. The number of carboxylic acids is 1. The second-order valence-electron chi connectivity index (χ2n) is 6.99. The first-order chi connectivity index (χ1) is 13.2. The quantitative estimate of drug-likeness (QED) is 0.759. The number of aryl methyl sites for hydroxylation is 1. The van der Waals surface area contributed by atoms with Crippen molar-refractivity contribution < 1.29 is 23.1 Å². The number of hydrogen-bond acceptors (Lipinski definition) is 3. The molecule has 1 fully saturated rings. The van der Waals surface area contributed by atoms with Gasteiger partial charge in [0, 0.05) is 6.20 Å². The van der Waals surface area contributed by atoms with Crippen LogP contribution in [0.25, 0.3) is 0 Å². The van der Waals surface area contributed by atoms with E-state index in [-0.39, 0.29) is 5.02 Å². The number of nitrogens with zero attached hydrogens (tertiary/aromatic N) is 2. The number of likely N-dealkylation sites (tertiary alicyclic amines) is 1. The van der Waals surface area contributed by atoms with Gasteiger partial charge in [0.05, 0.1) is 22.3 Å². The normalized spacial score (nSPS) is 19.4. The summed E-state index contributed by atoms with van der Waals surface area (Å²) in [5, 5.41) is 9.27. The second kappa shape index (κ2) is 8.09. The number of pyridine rings is 1. The largest absolute Gasteiger partial charge is 0.480 e. The zero-order valence-corrected chi connectivity index (χ0v) is 16.0. The molecule has 2 heterocycles. The number of rotatable bonds is 4. The van der Waals surface area contributed by atoms with Gasteiger partial charge in [-0.3, -0.25) is 14.7 Å². The third-order valence-corrected chi connectivity index (χ3v) is 5.32. The Labute approximate surface area is 166 Å². The van der Waals surface area contributed by atoms with Gasteiger partial charge in [0.2, 0.25) is 0 Å². The number of aromatic nitrogens is 1. The maximum Gasteiger partial charge on any atom is 0.417 e. The zero-order valence-electron chi connectivity index (χ0n) is 15.2.